The van der Waals surface area contributed by atoms with Crippen molar-refractivity contribution in [3.05, 3.63) is 86.7 Å². The molecule has 5 rings (SSSR count). The van der Waals surface area contributed by atoms with Gasteiger partial charge >= 0.3 is 6.18 Å². The van der Waals surface area contributed by atoms with Crippen LogP contribution >= 0.6 is 11.6 Å². The first-order valence-corrected chi connectivity index (χ1v) is 10.5. The molecule has 0 saturated carbocycles. The Kier molecular flexibility index (Phi) is 5.51. The molecule has 3 N–H and O–H groups in total. The number of amides is 2. The minimum absolute atomic E-state index is 0.0266. The molecule has 2 aliphatic heterocycles. The average molecular weight is 528 g/mol. The highest BCUT2D eigenvalue weighted by Crippen LogP contribution is 2.48. The van der Waals surface area contributed by atoms with E-state index in [9.17, 15) is 35.9 Å². The largest absolute Gasteiger partial charge is 0.471 e. The lowest BCUT2D eigenvalue weighted by molar-refractivity contribution is -0.137. The van der Waals surface area contributed by atoms with Gasteiger partial charge in [0.25, 0.3) is 11.8 Å². The summed E-state index contributed by atoms with van der Waals surface area (Å²) in [6, 6.07) is 2.80. The lowest BCUT2D eigenvalue weighted by atomic mass is 9.94. The summed E-state index contributed by atoms with van der Waals surface area (Å²) >= 11 is 6.04. The monoisotopic (exact) mass is 527 g/mol. The molecular formula is C23H12ClF6N3O3. The number of nitrogens with one attached hydrogen (secondary N) is 3. The van der Waals surface area contributed by atoms with E-state index in [-0.39, 0.29) is 46.6 Å². The minimum atomic E-state index is -4.91. The van der Waals surface area contributed by atoms with Gasteiger partial charge in [-0.2, -0.15) is 13.2 Å². The number of carbonyl (C=O) groups excluding carboxylic acids is 2. The zero-order chi connectivity index (χ0) is 25.9. The van der Waals surface area contributed by atoms with E-state index in [1.165, 1.54) is 6.07 Å². The molecule has 3 aromatic carbocycles. The molecule has 6 nitrogen and oxygen atoms in total. The van der Waals surface area contributed by atoms with Crippen molar-refractivity contribution >= 4 is 34.8 Å². The van der Waals surface area contributed by atoms with Crippen molar-refractivity contribution in [2.75, 3.05) is 17.4 Å². The first-order valence-electron chi connectivity index (χ1n) is 10.2. The topological polar surface area (TPSA) is 79.5 Å². The van der Waals surface area contributed by atoms with Gasteiger partial charge in [-0.3, -0.25) is 9.59 Å². The summed E-state index contributed by atoms with van der Waals surface area (Å²) in [5, 5.41) is 7.24. The molecule has 0 fully saturated rings. The molecule has 186 valence electrons. The van der Waals surface area contributed by atoms with Crippen LogP contribution in [0.3, 0.4) is 0 Å². The van der Waals surface area contributed by atoms with Gasteiger partial charge in [0.2, 0.25) is 0 Å². The van der Waals surface area contributed by atoms with Gasteiger partial charge in [0, 0.05) is 28.8 Å². The molecule has 36 heavy (non-hydrogen) atoms. The molecule has 3 aromatic rings. The van der Waals surface area contributed by atoms with Crippen molar-refractivity contribution in [2.45, 2.75) is 12.2 Å². The van der Waals surface area contributed by atoms with E-state index in [0.717, 1.165) is 6.07 Å². The predicted octanol–water partition coefficient (Wildman–Crippen LogP) is 5.62. The first-order chi connectivity index (χ1) is 16.9. The number of anilines is 2. The Balaban J connectivity index is 1.64. The Labute approximate surface area is 203 Å². The molecule has 0 aliphatic carbocycles. The van der Waals surface area contributed by atoms with E-state index < -0.39 is 57.6 Å². The van der Waals surface area contributed by atoms with Crippen LogP contribution in [-0.2, 0) is 6.18 Å². The maximum atomic E-state index is 14.2. The van der Waals surface area contributed by atoms with E-state index in [1.807, 2.05) is 0 Å². The number of alkyl halides is 3. The lowest BCUT2D eigenvalue weighted by Gasteiger charge is -2.19. The standard InChI is InChI=1S/C23H12ClF6N3O3/c24-18-12(4-11(26)5-13(18)27)19-16-14(6-15-20(31-7-36-15)17(16)22(35)33-19)32-21(34)8-1-9(23(28,29)30)3-10(25)2-8/h1-6,19,31H,7H2,(H,32,34)(H,33,35). The molecule has 0 saturated heterocycles. The van der Waals surface area contributed by atoms with Crippen molar-refractivity contribution in [3.63, 3.8) is 0 Å². The Morgan fingerprint density at radius 3 is 2.50 bits per heavy atom. The van der Waals surface area contributed by atoms with Gasteiger partial charge in [-0.1, -0.05) is 11.6 Å². The van der Waals surface area contributed by atoms with Crippen LogP contribution in [0, 0.1) is 17.5 Å². The molecule has 13 heteroatoms. The summed E-state index contributed by atoms with van der Waals surface area (Å²) in [7, 11) is 0. The molecule has 0 spiro atoms. The number of hydrogen-bond acceptors (Lipinski definition) is 4. The van der Waals surface area contributed by atoms with Crippen molar-refractivity contribution < 1.29 is 40.7 Å². The zero-order valence-corrected chi connectivity index (χ0v) is 18.4. The van der Waals surface area contributed by atoms with E-state index in [4.69, 9.17) is 16.3 Å². The number of ether oxygens (including phenoxy) is 1. The van der Waals surface area contributed by atoms with Gasteiger partial charge in [-0.05, 0) is 24.3 Å². The van der Waals surface area contributed by atoms with Gasteiger partial charge < -0.3 is 20.7 Å². The summed E-state index contributed by atoms with van der Waals surface area (Å²) in [6.07, 6.45) is -4.91. The number of benzene rings is 3. The molecular weight excluding hydrogens is 516 g/mol. The van der Waals surface area contributed by atoms with E-state index in [0.29, 0.717) is 18.2 Å². The number of halogens is 7. The number of rotatable bonds is 3. The molecule has 2 heterocycles. The van der Waals surface area contributed by atoms with Crippen LogP contribution in [0.5, 0.6) is 5.75 Å². The molecule has 1 atom stereocenters. The fourth-order valence-electron chi connectivity index (χ4n) is 4.16. The van der Waals surface area contributed by atoms with Gasteiger partial charge in [0.1, 0.15) is 23.2 Å². The molecule has 0 radical (unpaired) electrons. The fraction of sp³-hybridized carbons (Fsp3) is 0.130. The van der Waals surface area contributed by atoms with Crippen LogP contribution in [0.25, 0.3) is 0 Å². The maximum absolute atomic E-state index is 14.2. The van der Waals surface area contributed by atoms with Crippen LogP contribution in [0.4, 0.5) is 37.7 Å². The SMILES string of the molecule is O=C(Nc1cc2c(c3c1C(c1cc(F)cc(F)c1Cl)NC3=O)NCO2)c1cc(F)cc(C(F)(F)F)c1. The fourth-order valence-corrected chi connectivity index (χ4v) is 4.38. The van der Waals surface area contributed by atoms with Crippen LogP contribution in [0.1, 0.15) is 43.4 Å². The van der Waals surface area contributed by atoms with E-state index >= 15 is 0 Å². The highest BCUT2D eigenvalue weighted by Gasteiger charge is 2.40. The Morgan fingerprint density at radius 2 is 1.78 bits per heavy atom. The Hall–Kier alpha value is -3.93. The van der Waals surface area contributed by atoms with Crippen LogP contribution in [-0.4, -0.2) is 18.5 Å². The normalized spacial score (nSPS) is 16.1. The van der Waals surface area contributed by atoms with Crippen LogP contribution in [0.15, 0.2) is 36.4 Å². The highest BCUT2D eigenvalue weighted by atomic mass is 35.5. The lowest BCUT2D eigenvalue weighted by Crippen LogP contribution is -2.21. The molecule has 0 bridgehead atoms. The zero-order valence-electron chi connectivity index (χ0n) is 17.6. The predicted molar refractivity (Wildman–Crippen MR) is 116 cm³/mol. The van der Waals surface area contributed by atoms with Crippen molar-refractivity contribution in [3.8, 4) is 5.75 Å². The van der Waals surface area contributed by atoms with Crippen molar-refractivity contribution in [1.82, 2.24) is 5.32 Å². The van der Waals surface area contributed by atoms with Crippen LogP contribution in [0.2, 0.25) is 5.02 Å². The van der Waals surface area contributed by atoms with Crippen molar-refractivity contribution in [2.24, 2.45) is 0 Å². The smallest absolute Gasteiger partial charge is 0.416 e. The average Bonchev–Trinajstić information content (AvgIpc) is 3.39. The van der Waals surface area contributed by atoms with Crippen LogP contribution < -0.4 is 20.7 Å². The summed E-state index contributed by atoms with van der Waals surface area (Å²) in [5.41, 5.74) is -2.08. The van der Waals surface area contributed by atoms with E-state index in [1.54, 1.807) is 0 Å². The number of carbonyl (C=O) groups is 2. The molecule has 2 aliphatic rings. The second kappa shape index (κ2) is 8.33. The number of hydrogen-bond donors (Lipinski definition) is 3. The van der Waals surface area contributed by atoms with E-state index in [2.05, 4.69) is 16.0 Å². The summed E-state index contributed by atoms with van der Waals surface area (Å²) in [6.45, 7) is -0.0364. The molecule has 2 amide bonds. The van der Waals surface area contributed by atoms with Crippen molar-refractivity contribution in [1.29, 1.82) is 0 Å². The summed E-state index contributed by atoms with van der Waals surface area (Å²) < 4.78 is 86.8. The summed E-state index contributed by atoms with van der Waals surface area (Å²) in [4.78, 5) is 25.8. The second-order valence-electron chi connectivity index (χ2n) is 7.93. The Morgan fingerprint density at radius 1 is 1.06 bits per heavy atom. The third-order valence-corrected chi connectivity index (χ3v) is 6.07. The number of fused-ring (bicyclic) bond motifs is 3. The van der Waals surface area contributed by atoms with Gasteiger partial charge in [0.15, 0.2) is 6.73 Å². The third-order valence-electron chi connectivity index (χ3n) is 5.67. The quantitative estimate of drug-likeness (QED) is 0.305. The minimum Gasteiger partial charge on any atom is -0.471 e. The second-order valence-corrected chi connectivity index (χ2v) is 8.31. The third kappa shape index (κ3) is 3.96. The molecule has 0 aromatic heterocycles. The maximum Gasteiger partial charge on any atom is 0.416 e. The summed E-state index contributed by atoms with van der Waals surface area (Å²) in [5.74, 6) is -5.07. The highest BCUT2D eigenvalue weighted by molar-refractivity contribution is 6.31. The van der Waals surface area contributed by atoms with Gasteiger partial charge in [0.05, 0.1) is 33.6 Å². The van der Waals surface area contributed by atoms with Gasteiger partial charge in [-0.25, -0.2) is 13.2 Å². The first kappa shape index (κ1) is 23.8. The van der Waals surface area contributed by atoms with Gasteiger partial charge in [-0.15, -0.1) is 0 Å². The molecule has 1 unspecified atom stereocenters. The Bertz CT molecular complexity index is 1460.